The molecule has 0 radical (unpaired) electrons. The number of nitrogens with one attached hydrogen (secondary N) is 3. The first kappa shape index (κ1) is 18.5. The van der Waals surface area contributed by atoms with E-state index in [4.69, 9.17) is 0 Å². The van der Waals surface area contributed by atoms with Crippen molar-refractivity contribution in [2.45, 2.75) is 30.8 Å². The number of amides is 1. The maximum absolute atomic E-state index is 12.6. The molecule has 2 aromatic heterocycles. The van der Waals surface area contributed by atoms with Gasteiger partial charge in [0.2, 0.25) is 10.0 Å². The van der Waals surface area contributed by atoms with Crippen LogP contribution in [0.4, 0.5) is 0 Å². The fraction of sp³-hybridized carbons (Fsp3) is 0.438. The molecule has 136 valence electrons. The van der Waals surface area contributed by atoms with Gasteiger partial charge >= 0.3 is 0 Å². The van der Waals surface area contributed by atoms with Gasteiger partial charge in [0.1, 0.15) is 9.77 Å². The molecule has 1 amide bonds. The van der Waals surface area contributed by atoms with Crippen molar-refractivity contribution in [3.63, 3.8) is 0 Å². The lowest BCUT2D eigenvalue weighted by Gasteiger charge is -2.30. The Morgan fingerprint density at radius 1 is 1.32 bits per heavy atom. The fourth-order valence-electron chi connectivity index (χ4n) is 2.79. The van der Waals surface area contributed by atoms with E-state index in [9.17, 15) is 13.2 Å². The number of sulfonamides is 1. The zero-order chi connectivity index (χ0) is 17.9. The minimum Gasteiger partial charge on any atom is -0.348 e. The van der Waals surface area contributed by atoms with Crippen LogP contribution in [0.5, 0.6) is 0 Å². The molecule has 6 nitrogen and oxygen atoms in total. The molecule has 0 aliphatic carbocycles. The Morgan fingerprint density at radius 2 is 2.16 bits per heavy atom. The van der Waals surface area contributed by atoms with Gasteiger partial charge in [0.05, 0.1) is 0 Å². The summed E-state index contributed by atoms with van der Waals surface area (Å²) in [5.41, 5.74) is 0. The Balaban J connectivity index is 1.71. The molecule has 0 spiro atoms. The minimum atomic E-state index is -3.73. The van der Waals surface area contributed by atoms with Crippen LogP contribution >= 0.6 is 22.7 Å². The van der Waals surface area contributed by atoms with Gasteiger partial charge < -0.3 is 10.6 Å². The lowest BCUT2D eigenvalue weighted by Crippen LogP contribution is -2.48. The van der Waals surface area contributed by atoms with Crippen LogP contribution in [-0.2, 0) is 16.6 Å². The zero-order valence-electron chi connectivity index (χ0n) is 13.8. The van der Waals surface area contributed by atoms with Crippen LogP contribution in [0.3, 0.4) is 0 Å². The summed E-state index contributed by atoms with van der Waals surface area (Å²) >= 11 is 2.64. The summed E-state index contributed by atoms with van der Waals surface area (Å²) in [7, 11) is -3.73. The smallest absolute Gasteiger partial charge is 0.262 e. The summed E-state index contributed by atoms with van der Waals surface area (Å²) < 4.78 is 27.7. The number of carbonyl (C=O) groups excluding carboxylic acids is 1. The van der Waals surface area contributed by atoms with E-state index in [1.54, 1.807) is 5.38 Å². The second-order valence-electron chi connectivity index (χ2n) is 6.07. The second kappa shape index (κ2) is 7.96. The molecule has 9 heteroatoms. The largest absolute Gasteiger partial charge is 0.348 e. The molecule has 1 aliphatic heterocycles. The molecule has 0 aromatic carbocycles. The molecular formula is C16H21N3O3S3. The number of rotatable bonds is 6. The predicted octanol–water partition coefficient (Wildman–Crippen LogP) is 2.02. The Bertz CT molecular complexity index is 815. The van der Waals surface area contributed by atoms with Crippen molar-refractivity contribution in [1.29, 1.82) is 0 Å². The summed E-state index contributed by atoms with van der Waals surface area (Å²) in [5.74, 6) is -0.0000726. The van der Waals surface area contributed by atoms with Crippen LogP contribution in [0, 0.1) is 5.92 Å². The van der Waals surface area contributed by atoms with E-state index < -0.39 is 10.0 Å². The van der Waals surface area contributed by atoms with Crippen LogP contribution in [0.25, 0.3) is 0 Å². The van der Waals surface area contributed by atoms with Crippen molar-refractivity contribution >= 4 is 38.6 Å². The molecule has 2 aromatic rings. The van der Waals surface area contributed by atoms with Crippen LogP contribution in [0.2, 0.25) is 0 Å². The van der Waals surface area contributed by atoms with E-state index in [1.165, 1.54) is 17.4 Å². The number of hydrogen-bond donors (Lipinski definition) is 3. The summed E-state index contributed by atoms with van der Waals surface area (Å²) in [6.07, 6.45) is 0.844. The van der Waals surface area contributed by atoms with Crippen molar-refractivity contribution in [1.82, 2.24) is 15.4 Å². The van der Waals surface area contributed by atoms with Crippen LogP contribution in [0.15, 0.2) is 33.9 Å². The van der Waals surface area contributed by atoms with Gasteiger partial charge in [-0.3, -0.25) is 4.79 Å². The maximum Gasteiger partial charge on any atom is 0.262 e. The molecule has 3 heterocycles. The molecule has 1 aliphatic rings. The molecule has 25 heavy (non-hydrogen) atoms. The Hall–Kier alpha value is -1.26. The highest BCUT2D eigenvalue weighted by Crippen LogP contribution is 2.23. The van der Waals surface area contributed by atoms with Crippen molar-refractivity contribution in [3.8, 4) is 0 Å². The van der Waals surface area contributed by atoms with E-state index in [0.717, 1.165) is 35.7 Å². The van der Waals surface area contributed by atoms with Gasteiger partial charge in [-0.1, -0.05) is 13.0 Å². The first-order valence-electron chi connectivity index (χ1n) is 8.08. The van der Waals surface area contributed by atoms with Crippen LogP contribution in [-0.4, -0.2) is 33.5 Å². The van der Waals surface area contributed by atoms with E-state index in [2.05, 4.69) is 22.3 Å². The quantitative estimate of drug-likeness (QED) is 0.693. The second-order valence-corrected chi connectivity index (χ2v) is 9.75. The number of thiophene rings is 2. The molecule has 3 N–H and O–H groups in total. The van der Waals surface area contributed by atoms with Gasteiger partial charge in [0.25, 0.3) is 5.91 Å². The predicted molar refractivity (Wildman–Crippen MR) is 101 cm³/mol. The maximum atomic E-state index is 12.6. The first-order chi connectivity index (χ1) is 12.0. The van der Waals surface area contributed by atoms with Crippen molar-refractivity contribution in [3.05, 3.63) is 38.7 Å². The average Bonchev–Trinajstić information content (AvgIpc) is 3.27. The molecule has 1 fully saturated rings. The van der Waals surface area contributed by atoms with Crippen LogP contribution in [0.1, 0.15) is 27.9 Å². The summed E-state index contributed by atoms with van der Waals surface area (Å²) in [6.45, 7) is 4.00. The van der Waals surface area contributed by atoms with Crippen molar-refractivity contribution in [2.75, 3.05) is 13.1 Å². The standard InChI is InChI=1S/C16H21N3O3S3/c1-11-9-17-6-4-13(11)19-16(20)15-14(5-8-24-15)25(21,22)18-10-12-3-2-7-23-12/h2-3,5,7-8,11,13,17-18H,4,6,9-10H2,1H3,(H,19,20). The lowest BCUT2D eigenvalue weighted by atomic mass is 9.95. The molecule has 2 atom stereocenters. The molecule has 3 rings (SSSR count). The molecule has 1 saturated heterocycles. The third kappa shape index (κ3) is 4.48. The number of hydrogen-bond acceptors (Lipinski definition) is 6. The van der Waals surface area contributed by atoms with E-state index >= 15 is 0 Å². The lowest BCUT2D eigenvalue weighted by molar-refractivity contribution is 0.0915. The SMILES string of the molecule is CC1CNCCC1NC(=O)c1sccc1S(=O)(=O)NCc1cccs1. The average molecular weight is 400 g/mol. The molecular weight excluding hydrogens is 378 g/mol. The molecule has 0 bridgehead atoms. The highest BCUT2D eigenvalue weighted by atomic mass is 32.2. The highest BCUT2D eigenvalue weighted by molar-refractivity contribution is 7.89. The van der Waals surface area contributed by atoms with Gasteiger partial charge in [-0.25, -0.2) is 13.1 Å². The Kier molecular flexibility index (Phi) is 5.90. The zero-order valence-corrected chi connectivity index (χ0v) is 16.3. The Morgan fingerprint density at radius 3 is 2.88 bits per heavy atom. The van der Waals surface area contributed by atoms with E-state index in [-0.39, 0.29) is 28.3 Å². The molecule has 0 saturated carbocycles. The first-order valence-corrected chi connectivity index (χ1v) is 11.3. The summed E-state index contributed by atoms with van der Waals surface area (Å²) in [4.78, 5) is 13.8. The number of piperidine rings is 1. The highest BCUT2D eigenvalue weighted by Gasteiger charge is 2.28. The summed E-state index contributed by atoms with van der Waals surface area (Å²) in [5, 5.41) is 9.81. The van der Waals surface area contributed by atoms with Crippen molar-refractivity contribution < 1.29 is 13.2 Å². The van der Waals surface area contributed by atoms with Crippen LogP contribution < -0.4 is 15.4 Å². The summed E-state index contributed by atoms with van der Waals surface area (Å²) in [6, 6.07) is 5.29. The van der Waals surface area contributed by atoms with Gasteiger partial charge in [-0.15, -0.1) is 22.7 Å². The van der Waals surface area contributed by atoms with Gasteiger partial charge in [0.15, 0.2) is 0 Å². The normalized spacial score (nSPS) is 21.2. The van der Waals surface area contributed by atoms with Gasteiger partial charge in [-0.05, 0) is 48.3 Å². The van der Waals surface area contributed by atoms with Gasteiger partial charge in [0, 0.05) is 17.5 Å². The topological polar surface area (TPSA) is 87.3 Å². The van der Waals surface area contributed by atoms with Gasteiger partial charge in [-0.2, -0.15) is 0 Å². The third-order valence-corrected chi connectivity index (χ3v) is 7.61. The van der Waals surface area contributed by atoms with Crippen molar-refractivity contribution in [2.24, 2.45) is 5.92 Å². The molecule has 2 unspecified atom stereocenters. The minimum absolute atomic E-state index is 0.0492. The monoisotopic (exact) mass is 399 g/mol. The fourth-order valence-corrected chi connectivity index (χ4v) is 5.87. The van der Waals surface area contributed by atoms with E-state index in [0.29, 0.717) is 5.92 Å². The third-order valence-electron chi connectivity index (χ3n) is 4.24. The Labute approximate surface area is 155 Å². The number of carbonyl (C=O) groups is 1. The van der Waals surface area contributed by atoms with E-state index in [1.807, 2.05) is 17.5 Å².